The summed E-state index contributed by atoms with van der Waals surface area (Å²) in [6.07, 6.45) is -4.53. The Morgan fingerprint density at radius 2 is 1.78 bits per heavy atom. The van der Waals surface area contributed by atoms with E-state index < -0.39 is 11.7 Å². The molecule has 0 radical (unpaired) electrons. The highest BCUT2D eigenvalue weighted by molar-refractivity contribution is 9.10. The van der Waals surface area contributed by atoms with E-state index in [2.05, 4.69) is 21.2 Å². The van der Waals surface area contributed by atoms with Crippen LogP contribution in [0.1, 0.15) is 20.8 Å². The van der Waals surface area contributed by atoms with Crippen molar-refractivity contribution in [3.63, 3.8) is 0 Å². The van der Waals surface area contributed by atoms with Crippen molar-refractivity contribution < 1.29 is 18.0 Å². The van der Waals surface area contributed by atoms with E-state index in [-0.39, 0.29) is 22.1 Å². The van der Waals surface area contributed by atoms with Crippen LogP contribution >= 0.6 is 50.5 Å². The lowest BCUT2D eigenvalue weighted by molar-refractivity contribution is -0.137. The maximum absolute atomic E-state index is 13.2. The summed E-state index contributed by atoms with van der Waals surface area (Å²) in [7, 11) is 0. The Labute approximate surface area is 175 Å². The molecule has 1 aromatic heterocycles. The highest BCUT2D eigenvalue weighted by Gasteiger charge is 2.33. The van der Waals surface area contributed by atoms with Gasteiger partial charge in [0, 0.05) is 15.7 Å². The first-order valence-corrected chi connectivity index (χ1v) is 9.80. The third-order valence-electron chi connectivity index (χ3n) is 3.60. The fourth-order valence-corrected chi connectivity index (χ4v) is 4.09. The van der Waals surface area contributed by atoms with Crippen LogP contribution in [-0.4, -0.2) is 5.78 Å². The number of alkyl halides is 3. The first-order chi connectivity index (χ1) is 12.7. The quantitative estimate of drug-likeness (QED) is 0.374. The molecule has 2 nitrogen and oxygen atoms in total. The molecule has 3 rings (SSSR count). The maximum atomic E-state index is 13.2. The maximum Gasteiger partial charge on any atom is 0.418 e. The second-order valence-corrected chi connectivity index (χ2v) is 8.08. The number of rotatable bonds is 4. The lowest BCUT2D eigenvalue weighted by Gasteiger charge is -2.15. The summed E-state index contributed by atoms with van der Waals surface area (Å²) in [6.45, 7) is 0. The number of nitrogens with one attached hydrogen (secondary N) is 1. The van der Waals surface area contributed by atoms with Crippen molar-refractivity contribution in [2.75, 3.05) is 5.32 Å². The van der Waals surface area contributed by atoms with Gasteiger partial charge in [0.2, 0.25) is 5.78 Å². The molecule has 0 saturated carbocycles. The smallest absolute Gasteiger partial charge is 0.355 e. The molecular weight excluding hydrogens is 486 g/mol. The molecule has 0 aliphatic carbocycles. The first kappa shape index (κ1) is 20.2. The van der Waals surface area contributed by atoms with E-state index in [1.54, 1.807) is 11.4 Å². The van der Waals surface area contributed by atoms with Gasteiger partial charge in [-0.3, -0.25) is 4.79 Å². The van der Waals surface area contributed by atoms with E-state index in [4.69, 9.17) is 23.2 Å². The van der Waals surface area contributed by atoms with Crippen LogP contribution in [0.15, 0.2) is 52.3 Å². The predicted octanol–water partition coefficient (Wildman–Crippen LogP) is 7.81. The van der Waals surface area contributed by atoms with Crippen molar-refractivity contribution in [3.8, 4) is 0 Å². The highest BCUT2D eigenvalue weighted by atomic mass is 79.9. The Morgan fingerprint density at radius 1 is 1.04 bits per heavy atom. The van der Waals surface area contributed by atoms with Crippen molar-refractivity contribution in [1.82, 2.24) is 0 Å². The molecule has 3 aromatic rings. The fourth-order valence-electron chi connectivity index (χ4n) is 2.37. The second kappa shape index (κ2) is 7.83. The number of thiophene rings is 1. The average molecular weight is 495 g/mol. The van der Waals surface area contributed by atoms with Gasteiger partial charge in [0.25, 0.3) is 0 Å². The van der Waals surface area contributed by atoms with E-state index in [1.165, 1.54) is 41.7 Å². The van der Waals surface area contributed by atoms with Gasteiger partial charge >= 0.3 is 6.18 Å². The van der Waals surface area contributed by atoms with Gasteiger partial charge in [-0.15, -0.1) is 11.3 Å². The van der Waals surface area contributed by atoms with Gasteiger partial charge in [-0.25, -0.2) is 0 Å². The molecule has 1 heterocycles. The van der Waals surface area contributed by atoms with Crippen molar-refractivity contribution in [3.05, 3.63) is 78.4 Å². The summed E-state index contributed by atoms with van der Waals surface area (Å²) >= 11 is 16.4. The summed E-state index contributed by atoms with van der Waals surface area (Å²) in [5.41, 5.74) is -0.402. The minimum atomic E-state index is -4.53. The Bertz CT molecular complexity index is 1020. The lowest BCUT2D eigenvalue weighted by Crippen LogP contribution is -2.09. The summed E-state index contributed by atoms with van der Waals surface area (Å²) in [6, 6.07) is 9.74. The molecule has 9 heteroatoms. The molecule has 2 aromatic carbocycles. The van der Waals surface area contributed by atoms with Gasteiger partial charge in [0.15, 0.2) is 0 Å². The minimum absolute atomic E-state index is 0.111. The third kappa shape index (κ3) is 4.48. The number of halogens is 6. The van der Waals surface area contributed by atoms with Crippen LogP contribution in [0.2, 0.25) is 10.0 Å². The Kier molecular flexibility index (Phi) is 5.86. The number of benzene rings is 2. The van der Waals surface area contributed by atoms with Crippen LogP contribution < -0.4 is 5.32 Å². The fraction of sp³-hybridized carbons (Fsp3) is 0.0556. The number of ketones is 1. The van der Waals surface area contributed by atoms with Crippen molar-refractivity contribution in [1.29, 1.82) is 0 Å². The Hall–Kier alpha value is -1.54. The molecule has 0 bridgehead atoms. The van der Waals surface area contributed by atoms with Crippen LogP contribution in [0.25, 0.3) is 0 Å². The van der Waals surface area contributed by atoms with Crippen molar-refractivity contribution in [2.45, 2.75) is 6.18 Å². The topological polar surface area (TPSA) is 29.1 Å². The number of carbonyl (C=O) groups is 1. The lowest BCUT2D eigenvalue weighted by atomic mass is 10.1. The molecule has 0 spiro atoms. The number of carbonyl (C=O) groups excluding carboxylic acids is 1. The molecule has 1 N–H and O–H groups in total. The number of hydrogen-bond acceptors (Lipinski definition) is 3. The van der Waals surface area contributed by atoms with Gasteiger partial charge in [-0.1, -0.05) is 39.1 Å². The van der Waals surface area contributed by atoms with Gasteiger partial charge in [-0.2, -0.15) is 13.2 Å². The molecule has 140 valence electrons. The average Bonchev–Trinajstić information content (AvgIpc) is 3.01. The molecule has 0 amide bonds. The normalized spacial score (nSPS) is 11.5. The van der Waals surface area contributed by atoms with Gasteiger partial charge < -0.3 is 5.32 Å². The minimum Gasteiger partial charge on any atom is -0.355 e. The molecule has 0 aliphatic rings. The standard InChI is InChI=1S/C18H9BrCl2F3NOS/c19-9-1-4-15(12(7-9)18(22,23)24)25-10-2-3-11(14(21)8-10)16(26)17-13(20)5-6-27-17/h1-8,25H. The van der Waals surface area contributed by atoms with Gasteiger partial charge in [0.1, 0.15) is 0 Å². The zero-order valence-electron chi connectivity index (χ0n) is 13.2. The highest BCUT2D eigenvalue weighted by Crippen LogP contribution is 2.38. The van der Waals surface area contributed by atoms with Crippen LogP contribution in [0.5, 0.6) is 0 Å². The van der Waals surface area contributed by atoms with E-state index >= 15 is 0 Å². The zero-order valence-corrected chi connectivity index (χ0v) is 17.1. The largest absolute Gasteiger partial charge is 0.418 e. The number of anilines is 2. The Balaban J connectivity index is 1.92. The van der Waals surface area contributed by atoms with Gasteiger partial charge in [-0.05, 0) is 47.8 Å². The van der Waals surface area contributed by atoms with E-state index in [0.717, 1.165) is 6.07 Å². The molecule has 0 aliphatic heterocycles. The summed E-state index contributed by atoms with van der Waals surface area (Å²) in [4.78, 5) is 12.9. The summed E-state index contributed by atoms with van der Waals surface area (Å²) < 4.78 is 40.0. The monoisotopic (exact) mass is 493 g/mol. The zero-order chi connectivity index (χ0) is 19.8. The molecule has 0 saturated heterocycles. The van der Waals surface area contributed by atoms with Crippen LogP contribution in [0.4, 0.5) is 24.5 Å². The predicted molar refractivity (Wildman–Crippen MR) is 107 cm³/mol. The van der Waals surface area contributed by atoms with Crippen molar-refractivity contribution in [2.24, 2.45) is 0 Å². The summed E-state index contributed by atoms with van der Waals surface area (Å²) in [5, 5.41) is 4.82. The molecule has 0 unspecified atom stereocenters. The molecular formula is C18H9BrCl2F3NOS. The first-order valence-electron chi connectivity index (χ1n) is 7.38. The van der Waals surface area contributed by atoms with E-state index in [9.17, 15) is 18.0 Å². The SMILES string of the molecule is O=C(c1ccc(Nc2ccc(Br)cc2C(F)(F)F)cc1Cl)c1sccc1Cl. The van der Waals surface area contributed by atoms with Crippen LogP contribution in [0, 0.1) is 0 Å². The van der Waals surface area contributed by atoms with Crippen LogP contribution in [-0.2, 0) is 6.18 Å². The van der Waals surface area contributed by atoms with Crippen LogP contribution in [0.3, 0.4) is 0 Å². The number of hydrogen-bond donors (Lipinski definition) is 1. The molecule has 0 atom stereocenters. The van der Waals surface area contributed by atoms with Crippen molar-refractivity contribution >= 4 is 67.6 Å². The molecule has 27 heavy (non-hydrogen) atoms. The van der Waals surface area contributed by atoms with E-state index in [1.807, 2.05) is 0 Å². The summed E-state index contributed by atoms with van der Waals surface area (Å²) in [5.74, 6) is -0.342. The molecule has 0 fully saturated rings. The second-order valence-electron chi connectivity index (χ2n) is 5.43. The Morgan fingerprint density at radius 3 is 2.37 bits per heavy atom. The van der Waals surface area contributed by atoms with Gasteiger partial charge in [0.05, 0.1) is 26.2 Å². The third-order valence-corrected chi connectivity index (χ3v) is 5.75. The van der Waals surface area contributed by atoms with E-state index in [0.29, 0.717) is 20.1 Å².